The highest BCUT2D eigenvalue weighted by Crippen LogP contribution is 2.25. The number of amides is 2. The van der Waals surface area contributed by atoms with Gasteiger partial charge >= 0.3 is 6.03 Å². The Balaban J connectivity index is 1.93. The van der Waals surface area contributed by atoms with E-state index in [9.17, 15) is 9.90 Å². The molecule has 1 aromatic rings. The van der Waals surface area contributed by atoms with E-state index in [1.807, 2.05) is 19.1 Å². The number of aliphatic hydroxyl groups excluding tert-OH is 1. The molecule has 0 saturated heterocycles. The molecule has 1 aliphatic rings. The fourth-order valence-corrected chi connectivity index (χ4v) is 3.23. The highest BCUT2D eigenvalue weighted by Gasteiger charge is 2.25. The van der Waals surface area contributed by atoms with Crippen LogP contribution in [0.1, 0.15) is 56.8 Å². The Hall–Kier alpha value is -1.62. The molecule has 0 bridgehead atoms. The van der Waals surface area contributed by atoms with Crippen molar-refractivity contribution >= 4 is 6.03 Å². The monoisotopic (exact) mass is 319 g/mol. The van der Waals surface area contributed by atoms with Crippen molar-refractivity contribution in [1.82, 2.24) is 15.6 Å². The molecule has 1 heterocycles. The zero-order valence-corrected chi connectivity index (χ0v) is 14.4. The number of carbonyl (C=O) groups excluding carboxylic acids is 1. The summed E-state index contributed by atoms with van der Waals surface area (Å²) in [6, 6.07) is 3.92. The summed E-state index contributed by atoms with van der Waals surface area (Å²) in [4.78, 5) is 16.8. The SMILES string of the molecule is Cc1cccnc1C(NC(=O)NC1CCC(CO)CC1)C(C)C. The molecular formula is C18H29N3O2. The van der Waals surface area contributed by atoms with Crippen molar-refractivity contribution in [2.45, 2.75) is 58.5 Å². The molecule has 1 aromatic heterocycles. The van der Waals surface area contributed by atoms with E-state index in [0.29, 0.717) is 5.92 Å². The third kappa shape index (κ3) is 4.93. The van der Waals surface area contributed by atoms with Gasteiger partial charge in [0.15, 0.2) is 0 Å². The lowest BCUT2D eigenvalue weighted by Gasteiger charge is -2.29. The number of hydrogen-bond acceptors (Lipinski definition) is 3. The zero-order valence-electron chi connectivity index (χ0n) is 14.4. The molecule has 0 radical (unpaired) electrons. The van der Waals surface area contributed by atoms with Crippen LogP contribution in [0.25, 0.3) is 0 Å². The number of aryl methyl sites for hydroxylation is 1. The number of nitrogens with one attached hydrogen (secondary N) is 2. The first kappa shape index (κ1) is 17.7. The average Bonchev–Trinajstić information content (AvgIpc) is 2.54. The lowest BCUT2D eigenvalue weighted by molar-refractivity contribution is 0.173. The van der Waals surface area contributed by atoms with Gasteiger partial charge in [-0.3, -0.25) is 4.98 Å². The summed E-state index contributed by atoms with van der Waals surface area (Å²) in [5, 5.41) is 15.3. The minimum Gasteiger partial charge on any atom is -0.396 e. The van der Waals surface area contributed by atoms with Crippen LogP contribution in [0.15, 0.2) is 18.3 Å². The number of nitrogens with zero attached hydrogens (tertiary/aromatic N) is 1. The molecular weight excluding hydrogens is 290 g/mol. The quantitative estimate of drug-likeness (QED) is 0.781. The fourth-order valence-electron chi connectivity index (χ4n) is 3.23. The van der Waals surface area contributed by atoms with Crippen molar-refractivity contribution in [1.29, 1.82) is 0 Å². The molecule has 5 heteroatoms. The predicted molar refractivity (Wildman–Crippen MR) is 91.1 cm³/mol. The second-order valence-corrected chi connectivity index (χ2v) is 6.95. The highest BCUT2D eigenvalue weighted by molar-refractivity contribution is 5.74. The molecule has 2 amide bonds. The Labute approximate surface area is 138 Å². The molecule has 1 aliphatic carbocycles. The summed E-state index contributed by atoms with van der Waals surface area (Å²) in [6.07, 6.45) is 5.61. The van der Waals surface area contributed by atoms with E-state index in [0.717, 1.165) is 36.9 Å². The van der Waals surface area contributed by atoms with Gasteiger partial charge in [0.25, 0.3) is 0 Å². The normalized spacial score (nSPS) is 22.7. The average molecular weight is 319 g/mol. The van der Waals surface area contributed by atoms with E-state index in [1.165, 1.54) is 0 Å². The Bertz CT molecular complexity index is 511. The lowest BCUT2D eigenvalue weighted by atomic mass is 9.86. The van der Waals surface area contributed by atoms with Crippen molar-refractivity contribution in [3.8, 4) is 0 Å². The van der Waals surface area contributed by atoms with E-state index in [-0.39, 0.29) is 30.6 Å². The summed E-state index contributed by atoms with van der Waals surface area (Å²) in [7, 11) is 0. The van der Waals surface area contributed by atoms with Crippen molar-refractivity contribution in [2.75, 3.05) is 6.61 Å². The van der Waals surface area contributed by atoms with Crippen molar-refractivity contribution in [3.63, 3.8) is 0 Å². The molecule has 23 heavy (non-hydrogen) atoms. The van der Waals surface area contributed by atoms with E-state index < -0.39 is 0 Å². The molecule has 1 fully saturated rings. The van der Waals surface area contributed by atoms with E-state index >= 15 is 0 Å². The highest BCUT2D eigenvalue weighted by atomic mass is 16.3. The van der Waals surface area contributed by atoms with Crippen LogP contribution in [-0.4, -0.2) is 28.8 Å². The van der Waals surface area contributed by atoms with Crippen LogP contribution in [0.5, 0.6) is 0 Å². The maximum Gasteiger partial charge on any atom is 0.315 e. The second-order valence-electron chi connectivity index (χ2n) is 6.95. The number of carbonyl (C=O) groups is 1. The second kappa shape index (κ2) is 8.29. The predicted octanol–water partition coefficient (Wildman–Crippen LogP) is 2.94. The molecule has 2 rings (SSSR count). The Morgan fingerprint density at radius 3 is 2.61 bits per heavy atom. The number of hydrogen-bond donors (Lipinski definition) is 3. The van der Waals surface area contributed by atoms with Gasteiger partial charge in [-0.1, -0.05) is 19.9 Å². The maximum atomic E-state index is 12.4. The Morgan fingerprint density at radius 2 is 2.04 bits per heavy atom. The summed E-state index contributed by atoms with van der Waals surface area (Å²) >= 11 is 0. The van der Waals surface area contributed by atoms with E-state index in [2.05, 4.69) is 29.5 Å². The number of pyridine rings is 1. The third-order valence-corrected chi connectivity index (χ3v) is 4.74. The summed E-state index contributed by atoms with van der Waals surface area (Å²) in [5.41, 5.74) is 2.02. The van der Waals surface area contributed by atoms with Crippen LogP contribution >= 0.6 is 0 Å². The molecule has 0 spiro atoms. The molecule has 1 unspecified atom stereocenters. The van der Waals surface area contributed by atoms with Crippen molar-refractivity contribution in [3.05, 3.63) is 29.6 Å². The van der Waals surface area contributed by atoms with Gasteiger partial charge in [-0.2, -0.15) is 0 Å². The standard InChI is InChI=1S/C18H29N3O2/c1-12(2)16(17-13(3)5-4-10-19-17)21-18(23)20-15-8-6-14(11-22)7-9-15/h4-5,10,12,14-16,22H,6-9,11H2,1-3H3,(H2,20,21,23). The molecule has 0 aliphatic heterocycles. The van der Waals surface area contributed by atoms with Gasteiger partial charge in [0.05, 0.1) is 11.7 Å². The Morgan fingerprint density at radius 1 is 1.35 bits per heavy atom. The minimum absolute atomic E-state index is 0.0926. The van der Waals surface area contributed by atoms with Gasteiger partial charge in [0, 0.05) is 18.8 Å². The van der Waals surface area contributed by atoms with Crippen LogP contribution in [0.4, 0.5) is 4.79 Å². The van der Waals surface area contributed by atoms with Gasteiger partial charge in [-0.05, 0) is 56.1 Å². The molecule has 1 atom stereocenters. The summed E-state index contributed by atoms with van der Waals surface area (Å²) in [5.74, 6) is 0.662. The first-order chi connectivity index (χ1) is 11.0. The van der Waals surface area contributed by atoms with E-state index in [4.69, 9.17) is 0 Å². The minimum atomic E-state index is -0.124. The van der Waals surface area contributed by atoms with Gasteiger partial charge in [0.1, 0.15) is 0 Å². The number of urea groups is 1. The maximum absolute atomic E-state index is 12.4. The van der Waals surface area contributed by atoms with Gasteiger partial charge in [-0.15, -0.1) is 0 Å². The zero-order chi connectivity index (χ0) is 16.8. The van der Waals surface area contributed by atoms with Crippen LogP contribution in [-0.2, 0) is 0 Å². The first-order valence-corrected chi connectivity index (χ1v) is 8.60. The van der Waals surface area contributed by atoms with Crippen LogP contribution in [0.3, 0.4) is 0 Å². The smallest absolute Gasteiger partial charge is 0.315 e. The first-order valence-electron chi connectivity index (χ1n) is 8.60. The van der Waals surface area contributed by atoms with Crippen molar-refractivity contribution < 1.29 is 9.90 Å². The summed E-state index contributed by atoms with van der Waals surface area (Å²) in [6.45, 7) is 6.46. The van der Waals surface area contributed by atoms with Crippen LogP contribution in [0.2, 0.25) is 0 Å². The summed E-state index contributed by atoms with van der Waals surface area (Å²) < 4.78 is 0. The molecule has 1 saturated carbocycles. The number of aromatic nitrogens is 1. The number of rotatable bonds is 5. The largest absolute Gasteiger partial charge is 0.396 e. The lowest BCUT2D eigenvalue weighted by Crippen LogP contribution is -2.46. The van der Waals surface area contributed by atoms with Gasteiger partial charge in [0.2, 0.25) is 0 Å². The molecule has 128 valence electrons. The molecule has 0 aromatic carbocycles. The molecule has 5 nitrogen and oxygen atoms in total. The van der Waals surface area contributed by atoms with Gasteiger partial charge in [-0.25, -0.2) is 4.79 Å². The third-order valence-electron chi connectivity index (χ3n) is 4.74. The topological polar surface area (TPSA) is 74.2 Å². The van der Waals surface area contributed by atoms with E-state index in [1.54, 1.807) is 6.20 Å². The van der Waals surface area contributed by atoms with Crippen molar-refractivity contribution in [2.24, 2.45) is 11.8 Å². The van der Waals surface area contributed by atoms with Crippen LogP contribution in [0, 0.1) is 18.8 Å². The molecule has 3 N–H and O–H groups in total. The number of aliphatic hydroxyl groups is 1. The Kier molecular flexibility index (Phi) is 6.39. The van der Waals surface area contributed by atoms with Gasteiger partial charge < -0.3 is 15.7 Å². The van der Waals surface area contributed by atoms with Crippen LogP contribution < -0.4 is 10.6 Å². The fraction of sp³-hybridized carbons (Fsp3) is 0.667.